The Morgan fingerprint density at radius 3 is 2.63 bits per heavy atom. The minimum atomic E-state index is -0.311. The van der Waals surface area contributed by atoms with Crippen molar-refractivity contribution in [3.05, 3.63) is 0 Å². The molecule has 19 heavy (non-hydrogen) atoms. The van der Waals surface area contributed by atoms with Gasteiger partial charge in [0.1, 0.15) is 6.61 Å². The lowest BCUT2D eigenvalue weighted by atomic mass is 9.94. The smallest absolute Gasteiger partial charge is 0.332 e. The third-order valence-corrected chi connectivity index (χ3v) is 3.53. The average Bonchev–Trinajstić information content (AvgIpc) is 2.43. The minimum Gasteiger partial charge on any atom is -0.464 e. The number of hydrogen-bond donors (Lipinski definition) is 1. The van der Waals surface area contributed by atoms with E-state index in [2.05, 4.69) is 4.90 Å². The van der Waals surface area contributed by atoms with Crippen LogP contribution >= 0.6 is 0 Å². The van der Waals surface area contributed by atoms with E-state index < -0.39 is 0 Å². The third-order valence-electron chi connectivity index (χ3n) is 3.53. The Morgan fingerprint density at radius 2 is 2.00 bits per heavy atom. The van der Waals surface area contributed by atoms with Gasteiger partial charge in [0, 0.05) is 19.1 Å². The number of hydrogen-bond acceptors (Lipinski definition) is 5. The fraction of sp³-hybridized carbons (Fsp3) is 0.929. The molecule has 0 bridgehead atoms. The van der Waals surface area contributed by atoms with E-state index in [4.69, 9.17) is 14.6 Å². The molecule has 1 aliphatic rings. The van der Waals surface area contributed by atoms with E-state index in [-0.39, 0.29) is 19.2 Å². The molecular formula is C14H27NO4. The quantitative estimate of drug-likeness (QED) is 0.505. The van der Waals surface area contributed by atoms with Gasteiger partial charge in [-0.3, -0.25) is 4.90 Å². The fourth-order valence-electron chi connectivity index (χ4n) is 2.59. The molecule has 1 rings (SSSR count). The maximum Gasteiger partial charge on any atom is 0.332 e. The number of ether oxygens (including phenoxy) is 2. The van der Waals surface area contributed by atoms with E-state index in [0.717, 1.165) is 6.54 Å². The van der Waals surface area contributed by atoms with Crippen molar-refractivity contribution in [2.24, 2.45) is 0 Å². The van der Waals surface area contributed by atoms with Crippen molar-refractivity contribution in [1.29, 1.82) is 0 Å². The normalized spacial score (nSPS) is 16.8. The molecule has 5 nitrogen and oxygen atoms in total. The third kappa shape index (κ3) is 6.89. The van der Waals surface area contributed by atoms with Crippen LogP contribution in [-0.4, -0.2) is 61.5 Å². The van der Waals surface area contributed by atoms with E-state index in [9.17, 15) is 4.79 Å². The van der Waals surface area contributed by atoms with Crippen LogP contribution in [0.3, 0.4) is 0 Å². The Labute approximate surface area is 115 Å². The molecule has 0 unspecified atom stereocenters. The average molecular weight is 273 g/mol. The summed E-state index contributed by atoms with van der Waals surface area (Å²) >= 11 is 0. The van der Waals surface area contributed by atoms with Crippen LogP contribution in [0.1, 0.15) is 39.0 Å². The van der Waals surface area contributed by atoms with Crippen LogP contribution in [-0.2, 0) is 14.3 Å². The standard InChI is InChI=1S/C14H27NO4/c1-2-19-14(17)12-18-11-9-15(8-10-16)13-6-4-3-5-7-13/h13,16H,2-12H2,1H3. The predicted molar refractivity (Wildman–Crippen MR) is 73.0 cm³/mol. The number of esters is 1. The highest BCUT2D eigenvalue weighted by Gasteiger charge is 2.20. The number of carbonyl (C=O) groups excluding carboxylic acids is 1. The van der Waals surface area contributed by atoms with Gasteiger partial charge in [-0.05, 0) is 19.8 Å². The molecule has 1 aliphatic carbocycles. The first-order chi connectivity index (χ1) is 9.27. The maximum atomic E-state index is 11.1. The van der Waals surface area contributed by atoms with Gasteiger partial charge in [0.25, 0.3) is 0 Å². The molecule has 0 aromatic heterocycles. The molecular weight excluding hydrogens is 246 g/mol. The molecule has 5 heteroatoms. The fourth-order valence-corrected chi connectivity index (χ4v) is 2.59. The Hall–Kier alpha value is -0.650. The van der Waals surface area contributed by atoms with E-state index in [1.54, 1.807) is 6.92 Å². The first-order valence-corrected chi connectivity index (χ1v) is 7.36. The highest BCUT2D eigenvalue weighted by atomic mass is 16.6. The van der Waals surface area contributed by atoms with Crippen molar-refractivity contribution < 1.29 is 19.4 Å². The van der Waals surface area contributed by atoms with Crippen molar-refractivity contribution in [2.45, 2.75) is 45.1 Å². The van der Waals surface area contributed by atoms with Gasteiger partial charge in [-0.25, -0.2) is 4.79 Å². The van der Waals surface area contributed by atoms with Crippen LogP contribution in [0.15, 0.2) is 0 Å². The van der Waals surface area contributed by atoms with Gasteiger partial charge in [0.15, 0.2) is 0 Å². The van der Waals surface area contributed by atoms with E-state index in [1.165, 1.54) is 32.1 Å². The van der Waals surface area contributed by atoms with Gasteiger partial charge >= 0.3 is 5.97 Å². The molecule has 0 amide bonds. The number of carbonyl (C=O) groups is 1. The lowest BCUT2D eigenvalue weighted by molar-refractivity contribution is -0.148. The molecule has 112 valence electrons. The summed E-state index contributed by atoms with van der Waals surface area (Å²) in [6, 6.07) is 0.562. The number of aliphatic hydroxyl groups excluding tert-OH is 1. The highest BCUT2D eigenvalue weighted by molar-refractivity contribution is 5.70. The van der Waals surface area contributed by atoms with Gasteiger partial charge in [-0.1, -0.05) is 19.3 Å². The van der Waals surface area contributed by atoms with E-state index >= 15 is 0 Å². The van der Waals surface area contributed by atoms with Crippen LogP contribution in [0.4, 0.5) is 0 Å². The Bertz CT molecular complexity index is 242. The Balaban J connectivity index is 2.19. The molecule has 0 aliphatic heterocycles. The monoisotopic (exact) mass is 273 g/mol. The number of rotatable bonds is 9. The van der Waals surface area contributed by atoms with Crippen LogP contribution in [0, 0.1) is 0 Å². The summed E-state index contributed by atoms with van der Waals surface area (Å²) < 4.78 is 10.1. The maximum absolute atomic E-state index is 11.1. The summed E-state index contributed by atoms with van der Waals surface area (Å²) in [6.45, 7) is 4.33. The van der Waals surface area contributed by atoms with E-state index in [1.807, 2.05) is 0 Å². The summed E-state index contributed by atoms with van der Waals surface area (Å²) in [5.74, 6) is -0.311. The summed E-state index contributed by atoms with van der Waals surface area (Å²) in [7, 11) is 0. The molecule has 0 radical (unpaired) electrons. The van der Waals surface area contributed by atoms with Crippen LogP contribution in [0.25, 0.3) is 0 Å². The summed E-state index contributed by atoms with van der Waals surface area (Å²) in [4.78, 5) is 13.4. The second kappa shape index (κ2) is 10.2. The topological polar surface area (TPSA) is 59.0 Å². The molecule has 0 spiro atoms. The molecule has 1 N–H and O–H groups in total. The van der Waals surface area contributed by atoms with Gasteiger partial charge in [-0.15, -0.1) is 0 Å². The molecule has 0 aromatic rings. The Kier molecular flexibility index (Phi) is 8.79. The number of aliphatic hydroxyl groups is 1. The van der Waals surface area contributed by atoms with Gasteiger partial charge in [0.2, 0.25) is 0 Å². The molecule has 0 aromatic carbocycles. The van der Waals surface area contributed by atoms with Crippen molar-refractivity contribution in [3.63, 3.8) is 0 Å². The van der Waals surface area contributed by atoms with E-state index in [0.29, 0.717) is 25.8 Å². The SMILES string of the molecule is CCOC(=O)COCCN(CCO)C1CCCCC1. The van der Waals surface area contributed by atoms with Crippen LogP contribution in [0.2, 0.25) is 0 Å². The lowest BCUT2D eigenvalue weighted by Gasteiger charge is -2.33. The summed E-state index contributed by atoms with van der Waals surface area (Å²) in [6.07, 6.45) is 6.28. The molecule has 1 fully saturated rings. The summed E-state index contributed by atoms with van der Waals surface area (Å²) in [5, 5.41) is 9.13. The van der Waals surface area contributed by atoms with Crippen molar-refractivity contribution in [1.82, 2.24) is 4.90 Å². The first-order valence-electron chi connectivity index (χ1n) is 7.36. The second-order valence-corrected chi connectivity index (χ2v) is 4.91. The first kappa shape index (κ1) is 16.4. The zero-order valence-corrected chi connectivity index (χ0v) is 12.0. The highest BCUT2D eigenvalue weighted by Crippen LogP contribution is 2.22. The minimum absolute atomic E-state index is 0.0193. The van der Waals surface area contributed by atoms with Gasteiger partial charge in [-0.2, -0.15) is 0 Å². The van der Waals surface area contributed by atoms with Crippen molar-refractivity contribution in [2.75, 3.05) is 39.5 Å². The molecule has 1 saturated carbocycles. The van der Waals surface area contributed by atoms with Crippen molar-refractivity contribution in [3.8, 4) is 0 Å². The lowest BCUT2D eigenvalue weighted by Crippen LogP contribution is -2.41. The van der Waals surface area contributed by atoms with Crippen LogP contribution < -0.4 is 0 Å². The van der Waals surface area contributed by atoms with Gasteiger partial charge in [0.05, 0.1) is 19.8 Å². The van der Waals surface area contributed by atoms with Crippen LogP contribution in [0.5, 0.6) is 0 Å². The largest absolute Gasteiger partial charge is 0.464 e. The zero-order chi connectivity index (χ0) is 13.9. The predicted octanol–water partition coefficient (Wildman–Crippen LogP) is 1.19. The number of nitrogens with zero attached hydrogens (tertiary/aromatic N) is 1. The molecule has 0 saturated heterocycles. The van der Waals surface area contributed by atoms with Crippen molar-refractivity contribution >= 4 is 5.97 Å². The molecule has 0 atom stereocenters. The van der Waals surface area contributed by atoms with Gasteiger partial charge < -0.3 is 14.6 Å². The molecule has 0 heterocycles. The zero-order valence-electron chi connectivity index (χ0n) is 12.0. The Morgan fingerprint density at radius 1 is 1.26 bits per heavy atom. The second-order valence-electron chi connectivity index (χ2n) is 4.91. The summed E-state index contributed by atoms with van der Waals surface area (Å²) in [5.41, 5.74) is 0.